The second kappa shape index (κ2) is 4.23. The lowest BCUT2D eigenvalue weighted by Crippen LogP contribution is -2.51. The number of aromatic nitrogens is 1. The van der Waals surface area contributed by atoms with Gasteiger partial charge in [-0.1, -0.05) is 0 Å². The van der Waals surface area contributed by atoms with Gasteiger partial charge in [-0.25, -0.2) is 4.98 Å². The first-order chi connectivity index (χ1) is 8.72. The van der Waals surface area contributed by atoms with Gasteiger partial charge in [-0.3, -0.25) is 10.1 Å². The third kappa shape index (κ3) is 1.98. The van der Waals surface area contributed by atoms with Crippen LogP contribution in [0.2, 0.25) is 0 Å². The summed E-state index contributed by atoms with van der Waals surface area (Å²) in [4.78, 5) is 14.7. The molecular weight excluding hydrogens is 232 g/mol. The number of nitro groups is 1. The second-order valence-corrected chi connectivity index (χ2v) is 4.33. The fourth-order valence-electron chi connectivity index (χ4n) is 1.91. The van der Waals surface area contributed by atoms with Crippen LogP contribution in [0.4, 0.5) is 11.5 Å². The summed E-state index contributed by atoms with van der Waals surface area (Å²) in [6, 6.07) is 8.82. The molecule has 6 nitrogen and oxygen atoms in total. The van der Waals surface area contributed by atoms with Crippen molar-refractivity contribution in [1.29, 1.82) is 0 Å². The zero-order chi connectivity index (χ0) is 12.5. The van der Waals surface area contributed by atoms with Crippen molar-refractivity contribution in [3.8, 4) is 0 Å². The van der Waals surface area contributed by atoms with E-state index in [0.717, 1.165) is 29.8 Å². The minimum absolute atomic E-state index is 0.0909. The molecule has 0 unspecified atom stereocenters. The molecule has 2 aromatic rings. The molecular formula is C12H12N4O2. The number of rotatable bonds is 3. The normalized spacial score (nSPS) is 15.3. The zero-order valence-electron chi connectivity index (χ0n) is 9.59. The molecule has 1 aromatic heterocycles. The number of fused-ring (bicyclic) bond motifs is 1. The molecule has 1 aromatic carbocycles. The molecule has 18 heavy (non-hydrogen) atoms. The van der Waals surface area contributed by atoms with Gasteiger partial charge in [-0.05, 0) is 18.2 Å². The molecule has 1 saturated heterocycles. The van der Waals surface area contributed by atoms with Crippen molar-refractivity contribution in [1.82, 2.24) is 10.3 Å². The summed E-state index contributed by atoms with van der Waals surface area (Å²) < 4.78 is 0. The van der Waals surface area contributed by atoms with Gasteiger partial charge in [0.2, 0.25) is 0 Å². The number of nitrogens with one attached hydrogen (secondary N) is 2. The molecule has 0 aliphatic carbocycles. The number of pyridine rings is 1. The predicted octanol–water partition coefficient (Wildman–Crippen LogP) is 1.53. The Hall–Kier alpha value is -2.21. The molecule has 2 N–H and O–H groups in total. The van der Waals surface area contributed by atoms with E-state index in [4.69, 9.17) is 0 Å². The highest BCUT2D eigenvalue weighted by atomic mass is 16.6. The maximum absolute atomic E-state index is 10.7. The van der Waals surface area contributed by atoms with Gasteiger partial charge in [0.15, 0.2) is 0 Å². The lowest BCUT2D eigenvalue weighted by molar-refractivity contribution is -0.384. The van der Waals surface area contributed by atoms with Crippen LogP contribution in [0.5, 0.6) is 0 Å². The van der Waals surface area contributed by atoms with E-state index in [2.05, 4.69) is 15.6 Å². The van der Waals surface area contributed by atoms with Crippen LogP contribution in [-0.4, -0.2) is 29.0 Å². The highest BCUT2D eigenvalue weighted by Crippen LogP contribution is 2.21. The minimum Gasteiger partial charge on any atom is -0.365 e. The molecule has 0 atom stereocenters. The van der Waals surface area contributed by atoms with Crippen LogP contribution in [0.15, 0.2) is 30.3 Å². The van der Waals surface area contributed by atoms with Crippen molar-refractivity contribution in [2.75, 3.05) is 18.4 Å². The predicted molar refractivity (Wildman–Crippen MR) is 68.7 cm³/mol. The zero-order valence-corrected chi connectivity index (χ0v) is 9.59. The molecule has 1 aliphatic rings. The van der Waals surface area contributed by atoms with E-state index in [1.54, 1.807) is 6.07 Å². The Kier molecular flexibility index (Phi) is 2.56. The average Bonchev–Trinajstić information content (AvgIpc) is 2.33. The van der Waals surface area contributed by atoms with E-state index in [0.29, 0.717) is 6.04 Å². The number of anilines is 1. The van der Waals surface area contributed by atoms with Gasteiger partial charge in [0, 0.05) is 30.6 Å². The van der Waals surface area contributed by atoms with Gasteiger partial charge in [0.1, 0.15) is 5.82 Å². The first-order valence-electron chi connectivity index (χ1n) is 5.75. The van der Waals surface area contributed by atoms with Crippen molar-refractivity contribution in [2.45, 2.75) is 6.04 Å². The van der Waals surface area contributed by atoms with E-state index < -0.39 is 4.92 Å². The highest BCUT2D eigenvalue weighted by molar-refractivity contribution is 5.82. The number of benzene rings is 1. The van der Waals surface area contributed by atoms with E-state index in [1.807, 2.05) is 12.1 Å². The third-order valence-electron chi connectivity index (χ3n) is 3.02. The van der Waals surface area contributed by atoms with Crippen molar-refractivity contribution in [3.05, 3.63) is 40.4 Å². The van der Waals surface area contributed by atoms with E-state index >= 15 is 0 Å². The van der Waals surface area contributed by atoms with Gasteiger partial charge in [0.25, 0.3) is 5.69 Å². The molecule has 0 saturated carbocycles. The number of nitro benzene ring substituents is 1. The van der Waals surface area contributed by atoms with Gasteiger partial charge in [-0.2, -0.15) is 0 Å². The molecule has 0 spiro atoms. The van der Waals surface area contributed by atoms with E-state index in [-0.39, 0.29) is 5.69 Å². The van der Waals surface area contributed by atoms with Gasteiger partial charge < -0.3 is 10.6 Å². The molecule has 0 bridgehead atoms. The standard InChI is InChI=1S/C12H12N4O2/c17-16(18)10-2-3-11-8(5-10)1-4-12(15-11)14-9-6-13-7-9/h1-5,9,13H,6-7H2,(H,14,15). The summed E-state index contributed by atoms with van der Waals surface area (Å²) >= 11 is 0. The topological polar surface area (TPSA) is 80.1 Å². The number of hydrogen-bond donors (Lipinski definition) is 2. The quantitative estimate of drug-likeness (QED) is 0.632. The maximum Gasteiger partial charge on any atom is 0.270 e. The van der Waals surface area contributed by atoms with Crippen LogP contribution >= 0.6 is 0 Å². The lowest BCUT2D eigenvalue weighted by atomic mass is 10.1. The molecule has 0 radical (unpaired) electrons. The number of hydrogen-bond acceptors (Lipinski definition) is 5. The monoisotopic (exact) mass is 244 g/mol. The Balaban J connectivity index is 1.92. The Morgan fingerprint density at radius 1 is 1.33 bits per heavy atom. The fraction of sp³-hybridized carbons (Fsp3) is 0.250. The summed E-state index contributed by atoms with van der Waals surface area (Å²) in [5.41, 5.74) is 0.853. The molecule has 0 amide bonds. The molecule has 1 aliphatic heterocycles. The Morgan fingerprint density at radius 3 is 2.83 bits per heavy atom. The summed E-state index contributed by atoms with van der Waals surface area (Å²) in [5.74, 6) is 0.808. The number of nitrogens with zero attached hydrogens (tertiary/aromatic N) is 2. The summed E-state index contributed by atoms with van der Waals surface area (Å²) in [6.45, 7) is 1.89. The fourth-order valence-corrected chi connectivity index (χ4v) is 1.91. The van der Waals surface area contributed by atoms with Crippen LogP contribution < -0.4 is 10.6 Å². The minimum atomic E-state index is -0.397. The highest BCUT2D eigenvalue weighted by Gasteiger charge is 2.16. The Morgan fingerprint density at radius 2 is 2.17 bits per heavy atom. The average molecular weight is 244 g/mol. The molecule has 3 rings (SSSR count). The lowest BCUT2D eigenvalue weighted by Gasteiger charge is -2.28. The first-order valence-corrected chi connectivity index (χ1v) is 5.75. The Labute approximate surface area is 103 Å². The van der Waals surface area contributed by atoms with Crippen molar-refractivity contribution in [2.24, 2.45) is 0 Å². The van der Waals surface area contributed by atoms with Crippen LogP contribution in [0.3, 0.4) is 0 Å². The van der Waals surface area contributed by atoms with Crippen LogP contribution in [-0.2, 0) is 0 Å². The first kappa shape index (κ1) is 10.9. The summed E-state index contributed by atoms with van der Waals surface area (Å²) in [7, 11) is 0. The molecule has 6 heteroatoms. The second-order valence-electron chi connectivity index (χ2n) is 4.33. The summed E-state index contributed by atoms with van der Waals surface area (Å²) in [5, 5.41) is 17.9. The van der Waals surface area contributed by atoms with Gasteiger partial charge >= 0.3 is 0 Å². The van der Waals surface area contributed by atoms with Gasteiger partial charge in [-0.15, -0.1) is 0 Å². The molecule has 92 valence electrons. The number of non-ortho nitro benzene ring substituents is 1. The van der Waals surface area contributed by atoms with Crippen LogP contribution in [0.1, 0.15) is 0 Å². The molecule has 2 heterocycles. The summed E-state index contributed by atoms with van der Waals surface area (Å²) in [6.07, 6.45) is 0. The van der Waals surface area contributed by atoms with Gasteiger partial charge in [0.05, 0.1) is 16.5 Å². The van der Waals surface area contributed by atoms with E-state index in [1.165, 1.54) is 12.1 Å². The van der Waals surface area contributed by atoms with Crippen LogP contribution in [0.25, 0.3) is 10.9 Å². The Bertz CT molecular complexity index is 610. The third-order valence-corrected chi connectivity index (χ3v) is 3.02. The largest absolute Gasteiger partial charge is 0.365 e. The van der Waals surface area contributed by atoms with Crippen molar-refractivity contribution in [3.63, 3.8) is 0 Å². The van der Waals surface area contributed by atoms with E-state index in [9.17, 15) is 10.1 Å². The van der Waals surface area contributed by atoms with Crippen molar-refractivity contribution >= 4 is 22.4 Å². The SMILES string of the molecule is O=[N+]([O-])c1ccc2nc(NC3CNC3)ccc2c1. The van der Waals surface area contributed by atoms with Crippen molar-refractivity contribution < 1.29 is 4.92 Å². The maximum atomic E-state index is 10.7. The van der Waals surface area contributed by atoms with Crippen LogP contribution in [0, 0.1) is 10.1 Å². The molecule has 1 fully saturated rings. The smallest absolute Gasteiger partial charge is 0.270 e.